The molecule has 2 nitrogen and oxygen atoms in total. The van der Waals surface area contributed by atoms with E-state index in [9.17, 15) is 0 Å². The molecule has 2 saturated carbocycles. The van der Waals surface area contributed by atoms with Crippen LogP contribution in [0.1, 0.15) is 59.6 Å². The zero-order valence-electron chi connectivity index (χ0n) is 13.4. The Hall–Kier alpha value is -1.18. The first kappa shape index (κ1) is 13.8. The van der Waals surface area contributed by atoms with E-state index < -0.39 is 0 Å². The number of hydrogen-bond acceptors (Lipinski definition) is 2. The highest BCUT2D eigenvalue weighted by Gasteiger charge is 2.60. The van der Waals surface area contributed by atoms with Crippen LogP contribution in [0.4, 0.5) is 0 Å². The predicted molar refractivity (Wildman–Crippen MR) is 83.9 cm³/mol. The predicted octanol–water partition coefficient (Wildman–Crippen LogP) is 4.60. The van der Waals surface area contributed by atoms with Crippen LogP contribution >= 0.6 is 0 Å². The fourth-order valence-electron chi connectivity index (χ4n) is 4.22. The molecule has 2 heteroatoms. The summed E-state index contributed by atoms with van der Waals surface area (Å²) in [7, 11) is 0. The molecule has 2 fully saturated rings. The summed E-state index contributed by atoms with van der Waals surface area (Å²) in [6.07, 6.45) is 5.71. The number of pyridine rings is 1. The van der Waals surface area contributed by atoms with Crippen LogP contribution in [0.3, 0.4) is 0 Å². The van der Waals surface area contributed by atoms with E-state index in [2.05, 4.69) is 51.7 Å². The minimum atomic E-state index is -0.222. The SMILES string of the molecule is CC(C)(N=C1CC2CC[C@]1(C)C2(C)C)c1ccccn1. The Balaban J connectivity index is 1.98. The van der Waals surface area contributed by atoms with Gasteiger partial charge in [-0.2, -0.15) is 0 Å². The zero-order chi connectivity index (χ0) is 14.6. The van der Waals surface area contributed by atoms with Crippen molar-refractivity contribution in [1.82, 2.24) is 4.98 Å². The van der Waals surface area contributed by atoms with Crippen molar-refractivity contribution in [2.45, 2.75) is 59.4 Å². The summed E-state index contributed by atoms with van der Waals surface area (Å²) in [5.41, 5.74) is 2.95. The van der Waals surface area contributed by atoms with Crippen molar-refractivity contribution >= 4 is 5.71 Å². The van der Waals surface area contributed by atoms with Crippen LogP contribution in [0.2, 0.25) is 0 Å². The third kappa shape index (κ3) is 1.77. The van der Waals surface area contributed by atoms with Crippen molar-refractivity contribution in [2.75, 3.05) is 0 Å². The molecule has 0 amide bonds. The lowest BCUT2D eigenvalue weighted by Gasteiger charge is -2.36. The van der Waals surface area contributed by atoms with Crippen LogP contribution < -0.4 is 0 Å². The Labute approximate surface area is 122 Å². The van der Waals surface area contributed by atoms with E-state index in [1.165, 1.54) is 25.0 Å². The summed E-state index contributed by atoms with van der Waals surface area (Å²) in [6.45, 7) is 11.7. The first-order valence-corrected chi connectivity index (χ1v) is 7.78. The normalized spacial score (nSPS) is 33.9. The molecule has 0 spiro atoms. The van der Waals surface area contributed by atoms with E-state index >= 15 is 0 Å². The van der Waals surface area contributed by atoms with Crippen molar-refractivity contribution in [3.63, 3.8) is 0 Å². The number of rotatable bonds is 2. The lowest BCUT2D eigenvalue weighted by molar-refractivity contribution is 0.193. The molecule has 1 unspecified atom stereocenters. The summed E-state index contributed by atoms with van der Waals surface area (Å²) < 4.78 is 0. The maximum absolute atomic E-state index is 5.18. The van der Waals surface area contributed by atoms with E-state index in [-0.39, 0.29) is 11.0 Å². The summed E-state index contributed by atoms with van der Waals surface area (Å²) in [5, 5.41) is 0. The largest absolute Gasteiger partial charge is 0.281 e. The fourth-order valence-corrected chi connectivity index (χ4v) is 4.22. The minimum Gasteiger partial charge on any atom is -0.281 e. The molecule has 3 rings (SSSR count). The average molecular weight is 270 g/mol. The summed E-state index contributed by atoms with van der Waals surface area (Å²) in [5.74, 6) is 0.811. The number of aromatic nitrogens is 1. The smallest absolute Gasteiger partial charge is 0.0969 e. The second-order valence-corrected chi connectivity index (χ2v) is 7.83. The van der Waals surface area contributed by atoms with E-state index in [4.69, 9.17) is 4.99 Å². The highest BCUT2D eigenvalue weighted by atomic mass is 14.9. The lowest BCUT2D eigenvalue weighted by atomic mass is 9.70. The van der Waals surface area contributed by atoms with Crippen LogP contribution in [0.15, 0.2) is 29.4 Å². The van der Waals surface area contributed by atoms with Crippen molar-refractivity contribution in [1.29, 1.82) is 0 Å². The number of aliphatic imine (C=N–C) groups is 1. The van der Waals surface area contributed by atoms with Gasteiger partial charge in [-0.25, -0.2) is 0 Å². The van der Waals surface area contributed by atoms with Crippen LogP contribution in [0.25, 0.3) is 0 Å². The molecule has 2 aliphatic rings. The molecular weight excluding hydrogens is 244 g/mol. The molecule has 2 atom stereocenters. The Morgan fingerprint density at radius 1 is 1.25 bits per heavy atom. The maximum Gasteiger partial charge on any atom is 0.0969 e. The Morgan fingerprint density at radius 3 is 2.50 bits per heavy atom. The van der Waals surface area contributed by atoms with Crippen molar-refractivity contribution in [3.05, 3.63) is 30.1 Å². The molecule has 20 heavy (non-hydrogen) atoms. The first-order chi connectivity index (χ1) is 9.27. The molecule has 0 aromatic carbocycles. The zero-order valence-corrected chi connectivity index (χ0v) is 13.4. The quantitative estimate of drug-likeness (QED) is 0.770. The molecule has 1 heterocycles. The van der Waals surface area contributed by atoms with Gasteiger partial charge < -0.3 is 0 Å². The van der Waals surface area contributed by atoms with Crippen LogP contribution in [-0.4, -0.2) is 10.7 Å². The molecule has 108 valence electrons. The van der Waals surface area contributed by atoms with Gasteiger partial charge in [-0.15, -0.1) is 0 Å². The van der Waals surface area contributed by atoms with Gasteiger partial charge >= 0.3 is 0 Å². The van der Waals surface area contributed by atoms with Gasteiger partial charge in [0.1, 0.15) is 0 Å². The standard InChI is InChI=1S/C18H26N2/c1-16(2)13-9-10-18(16,5)15(12-13)20-17(3,4)14-8-6-7-11-19-14/h6-8,11,13H,9-10,12H2,1-5H3/t13?,18-/m0/s1. The van der Waals surface area contributed by atoms with Gasteiger partial charge in [0.05, 0.1) is 11.2 Å². The van der Waals surface area contributed by atoms with Gasteiger partial charge in [-0.1, -0.05) is 26.8 Å². The molecule has 0 N–H and O–H groups in total. The minimum absolute atomic E-state index is 0.222. The van der Waals surface area contributed by atoms with Crippen molar-refractivity contribution < 1.29 is 0 Å². The molecule has 1 aromatic rings. The Bertz CT molecular complexity index is 542. The fraction of sp³-hybridized carbons (Fsp3) is 0.667. The summed E-state index contributed by atoms with van der Waals surface area (Å²) in [4.78, 5) is 9.69. The van der Waals surface area contributed by atoms with E-state index in [0.29, 0.717) is 5.41 Å². The highest BCUT2D eigenvalue weighted by Crippen LogP contribution is 2.64. The third-order valence-corrected chi connectivity index (χ3v) is 6.22. The maximum atomic E-state index is 5.18. The van der Waals surface area contributed by atoms with Gasteiger partial charge in [-0.3, -0.25) is 9.98 Å². The van der Waals surface area contributed by atoms with E-state index in [1.807, 2.05) is 12.3 Å². The molecule has 0 saturated heterocycles. The monoisotopic (exact) mass is 270 g/mol. The Morgan fingerprint density at radius 2 is 2.00 bits per heavy atom. The van der Waals surface area contributed by atoms with Gasteiger partial charge in [0.15, 0.2) is 0 Å². The number of hydrogen-bond donors (Lipinski definition) is 0. The van der Waals surface area contributed by atoms with Gasteiger partial charge in [0, 0.05) is 17.3 Å². The van der Waals surface area contributed by atoms with E-state index in [0.717, 1.165) is 11.6 Å². The molecule has 0 radical (unpaired) electrons. The molecular formula is C18H26N2. The lowest BCUT2D eigenvalue weighted by Crippen LogP contribution is -2.34. The molecule has 2 bridgehead atoms. The highest BCUT2D eigenvalue weighted by molar-refractivity contribution is 5.94. The first-order valence-electron chi connectivity index (χ1n) is 7.78. The second-order valence-electron chi connectivity index (χ2n) is 7.83. The van der Waals surface area contributed by atoms with Gasteiger partial charge in [0.25, 0.3) is 0 Å². The van der Waals surface area contributed by atoms with Crippen molar-refractivity contribution in [2.24, 2.45) is 21.7 Å². The third-order valence-electron chi connectivity index (χ3n) is 6.22. The van der Waals surface area contributed by atoms with Crippen LogP contribution in [0.5, 0.6) is 0 Å². The summed E-state index contributed by atoms with van der Waals surface area (Å²) >= 11 is 0. The van der Waals surface area contributed by atoms with Gasteiger partial charge in [-0.05, 0) is 56.6 Å². The summed E-state index contributed by atoms with van der Waals surface area (Å²) in [6, 6.07) is 6.11. The second kappa shape index (κ2) is 4.16. The molecule has 1 aromatic heterocycles. The van der Waals surface area contributed by atoms with Crippen molar-refractivity contribution in [3.8, 4) is 0 Å². The Kier molecular flexibility index (Phi) is 2.87. The van der Waals surface area contributed by atoms with E-state index in [1.54, 1.807) is 0 Å². The van der Waals surface area contributed by atoms with Crippen LogP contribution in [0, 0.1) is 16.7 Å². The topological polar surface area (TPSA) is 25.2 Å². The number of nitrogens with zero attached hydrogens (tertiary/aromatic N) is 2. The molecule has 2 aliphatic carbocycles. The average Bonchev–Trinajstić information content (AvgIpc) is 2.72. The van der Waals surface area contributed by atoms with Crippen LogP contribution in [-0.2, 0) is 5.54 Å². The number of fused-ring (bicyclic) bond motifs is 2. The molecule has 0 aliphatic heterocycles. The van der Waals surface area contributed by atoms with Gasteiger partial charge in [0.2, 0.25) is 0 Å².